The summed E-state index contributed by atoms with van der Waals surface area (Å²) in [6.45, 7) is 9.75. The molecule has 8 heteroatoms. The molecule has 0 bridgehead atoms. The normalized spacial score (nSPS) is 13.4. The third-order valence-electron chi connectivity index (χ3n) is 3.91. The summed E-state index contributed by atoms with van der Waals surface area (Å²) in [5.74, 6) is -1.78. The number of rotatable bonds is 10. The van der Waals surface area contributed by atoms with E-state index in [0.717, 1.165) is 6.08 Å². The zero-order valence-electron chi connectivity index (χ0n) is 14.8. The van der Waals surface area contributed by atoms with Gasteiger partial charge in [-0.25, -0.2) is 18.4 Å². The molecule has 0 aromatic rings. The maximum atomic E-state index is 14.1. The van der Waals surface area contributed by atoms with Crippen LogP contribution in [-0.4, -0.2) is 55.7 Å². The van der Waals surface area contributed by atoms with E-state index in [4.69, 9.17) is 11.0 Å². The summed E-state index contributed by atoms with van der Waals surface area (Å²) in [6.07, 6.45) is 0.566. The fraction of sp³-hybridized carbons (Fsp3) is 0.562. The second-order valence-corrected chi connectivity index (χ2v) is 6.09. The van der Waals surface area contributed by atoms with Crippen LogP contribution in [0.5, 0.6) is 0 Å². The fourth-order valence-electron chi connectivity index (χ4n) is 2.01. The van der Waals surface area contributed by atoms with Gasteiger partial charge in [0, 0.05) is 38.1 Å². The predicted octanol–water partition coefficient (Wildman–Crippen LogP) is 2.90. The summed E-state index contributed by atoms with van der Waals surface area (Å²) >= 11 is 0. The van der Waals surface area contributed by atoms with Gasteiger partial charge in [0.2, 0.25) is 0 Å². The van der Waals surface area contributed by atoms with Gasteiger partial charge in [-0.3, -0.25) is 4.90 Å². The molecule has 0 spiro atoms. The van der Waals surface area contributed by atoms with Crippen molar-refractivity contribution in [3.05, 3.63) is 36.5 Å². The van der Waals surface area contributed by atoms with E-state index >= 15 is 0 Å². The van der Waals surface area contributed by atoms with Crippen LogP contribution in [0.4, 0.5) is 13.2 Å². The van der Waals surface area contributed by atoms with Crippen molar-refractivity contribution in [2.75, 3.05) is 27.2 Å². The van der Waals surface area contributed by atoms with Crippen LogP contribution >= 0.6 is 0 Å². The molecule has 4 nitrogen and oxygen atoms in total. The molecule has 0 saturated carbocycles. The quantitative estimate of drug-likeness (QED) is 0.490. The summed E-state index contributed by atoms with van der Waals surface area (Å²) < 4.78 is 42.1. The van der Waals surface area contributed by atoms with Gasteiger partial charge in [-0.1, -0.05) is 20.0 Å². The van der Waals surface area contributed by atoms with E-state index in [1.807, 2.05) is 5.97 Å². The van der Waals surface area contributed by atoms with Crippen molar-refractivity contribution in [3.8, 4) is 5.97 Å². The second kappa shape index (κ2) is 9.43. The number of hydrogen-bond donors (Lipinski definition) is 1. The van der Waals surface area contributed by atoms with Crippen LogP contribution in [0, 0.1) is 11.2 Å². The van der Waals surface area contributed by atoms with Crippen molar-refractivity contribution in [3.63, 3.8) is 0 Å². The molecule has 134 valence electrons. The Kier molecular flexibility index (Phi) is 8.69. The third-order valence-corrected chi connectivity index (χ3v) is 3.91. The van der Waals surface area contributed by atoms with Crippen molar-refractivity contribution in [1.82, 2.24) is 9.80 Å². The number of nitrogens with zero attached hydrogens (tertiary/aromatic N) is 3. The molecule has 0 radical (unpaired) electrons. The first-order valence-corrected chi connectivity index (χ1v) is 7.62. The summed E-state index contributed by atoms with van der Waals surface area (Å²) in [7, 11) is 3.18. The molecule has 0 rings (SSSR count). The Morgan fingerprint density at radius 3 is 2.38 bits per heavy atom. The smallest absolute Gasteiger partial charge is 0.270 e. The van der Waals surface area contributed by atoms with Crippen molar-refractivity contribution >= 4 is 6.71 Å². The van der Waals surface area contributed by atoms with Crippen LogP contribution in [0.15, 0.2) is 36.5 Å². The van der Waals surface area contributed by atoms with Crippen molar-refractivity contribution in [2.45, 2.75) is 32.0 Å². The van der Waals surface area contributed by atoms with Gasteiger partial charge in [-0.05, 0) is 20.0 Å². The topological polar surface area (TPSA) is 56.3 Å². The first-order valence-electron chi connectivity index (χ1n) is 7.62. The molecule has 0 aliphatic carbocycles. The molecule has 0 aromatic carbocycles. The molecular weight excluding hydrogens is 316 g/mol. The first kappa shape index (κ1) is 22.1. The minimum Gasteiger partial charge on any atom is -0.399 e. The standard InChI is InChI=1S/C16H26BF3N4/c1-12(22)9-15(18)13(2)23(5)7-8-24(6)14(3)16(19,20)10-17(4)11-21/h9,14H,1-2,7-8,10,22H2,3-6H3/b15-9+. The number of allylic oxidation sites excluding steroid dienone is 2. The summed E-state index contributed by atoms with van der Waals surface area (Å²) in [5, 5.41) is 8.70. The predicted molar refractivity (Wildman–Crippen MR) is 93.4 cm³/mol. The Morgan fingerprint density at radius 1 is 1.38 bits per heavy atom. The SMILES string of the molecule is C=C(N)/C=C(/F)C(=C)N(C)CCN(C)C(C)C(F)(F)CB(C)C#N. The highest BCUT2D eigenvalue weighted by Crippen LogP contribution is 2.28. The van der Waals surface area contributed by atoms with Crippen LogP contribution in [0.1, 0.15) is 6.92 Å². The van der Waals surface area contributed by atoms with Gasteiger partial charge in [0.1, 0.15) is 5.83 Å². The van der Waals surface area contributed by atoms with Crippen LogP contribution < -0.4 is 5.73 Å². The third kappa shape index (κ3) is 7.13. The Bertz CT molecular complexity index is 528. The van der Waals surface area contributed by atoms with Crippen molar-refractivity contribution in [2.24, 2.45) is 5.73 Å². The van der Waals surface area contributed by atoms with Gasteiger partial charge in [-0.2, -0.15) is 0 Å². The van der Waals surface area contributed by atoms with Gasteiger partial charge < -0.3 is 10.6 Å². The Balaban J connectivity index is 4.67. The Morgan fingerprint density at radius 2 is 1.92 bits per heavy atom. The second-order valence-electron chi connectivity index (χ2n) is 6.09. The lowest BCUT2D eigenvalue weighted by atomic mass is 9.49. The number of nitrogens with two attached hydrogens (primary N) is 1. The van der Waals surface area contributed by atoms with E-state index in [2.05, 4.69) is 13.2 Å². The van der Waals surface area contributed by atoms with Gasteiger partial charge in [0.05, 0.1) is 11.7 Å². The van der Waals surface area contributed by atoms with Crippen LogP contribution in [0.3, 0.4) is 0 Å². The van der Waals surface area contributed by atoms with E-state index in [9.17, 15) is 13.2 Å². The fourth-order valence-corrected chi connectivity index (χ4v) is 2.01. The molecule has 1 atom stereocenters. The molecule has 2 N–H and O–H groups in total. The van der Waals surface area contributed by atoms with E-state index < -0.39 is 30.8 Å². The molecule has 1 unspecified atom stereocenters. The number of alkyl halides is 2. The Labute approximate surface area is 143 Å². The molecule has 0 aromatic heterocycles. The first-order chi connectivity index (χ1) is 10.9. The van der Waals surface area contributed by atoms with E-state index in [1.54, 1.807) is 14.1 Å². The molecule has 0 aliphatic rings. The summed E-state index contributed by atoms with van der Waals surface area (Å²) in [4.78, 5) is 3.01. The summed E-state index contributed by atoms with van der Waals surface area (Å²) in [6, 6.07) is -1.04. The minimum absolute atomic E-state index is 0.0686. The van der Waals surface area contributed by atoms with E-state index in [1.165, 1.54) is 23.5 Å². The molecular formula is C16H26BF3N4. The van der Waals surface area contributed by atoms with Gasteiger partial charge in [0.25, 0.3) is 12.6 Å². The molecule has 0 saturated heterocycles. The largest absolute Gasteiger partial charge is 0.399 e. The number of likely N-dealkylation sites (N-methyl/N-ethyl adjacent to an activating group) is 2. The lowest BCUT2D eigenvalue weighted by molar-refractivity contribution is -0.0526. The van der Waals surface area contributed by atoms with Crippen LogP contribution in [0.2, 0.25) is 13.1 Å². The average molecular weight is 342 g/mol. The van der Waals surface area contributed by atoms with E-state index in [-0.39, 0.29) is 17.9 Å². The van der Waals surface area contributed by atoms with Crippen molar-refractivity contribution < 1.29 is 13.2 Å². The van der Waals surface area contributed by atoms with Crippen LogP contribution in [0.25, 0.3) is 0 Å². The van der Waals surface area contributed by atoms with Crippen LogP contribution in [-0.2, 0) is 0 Å². The van der Waals surface area contributed by atoms with E-state index in [0.29, 0.717) is 6.54 Å². The highest BCUT2D eigenvalue weighted by Gasteiger charge is 2.40. The minimum atomic E-state index is -2.98. The zero-order valence-corrected chi connectivity index (χ0v) is 14.8. The maximum Gasteiger partial charge on any atom is 0.270 e. The number of halogens is 3. The van der Waals surface area contributed by atoms with Gasteiger partial charge in [-0.15, -0.1) is 0 Å². The highest BCUT2D eigenvalue weighted by molar-refractivity contribution is 6.65. The molecule has 0 aliphatic heterocycles. The summed E-state index contributed by atoms with van der Waals surface area (Å²) in [5.41, 5.74) is 5.48. The monoisotopic (exact) mass is 342 g/mol. The zero-order chi connectivity index (χ0) is 19.1. The van der Waals surface area contributed by atoms with Crippen molar-refractivity contribution in [1.29, 1.82) is 5.26 Å². The molecule has 24 heavy (non-hydrogen) atoms. The highest BCUT2D eigenvalue weighted by atomic mass is 19.3. The lowest BCUT2D eigenvalue weighted by Crippen LogP contribution is -2.47. The molecule has 0 amide bonds. The molecule has 0 heterocycles. The van der Waals surface area contributed by atoms with Gasteiger partial charge in [0.15, 0.2) is 0 Å². The number of nitriles is 1. The van der Waals surface area contributed by atoms with Gasteiger partial charge >= 0.3 is 0 Å². The Hall–Kier alpha value is -1.88. The maximum absolute atomic E-state index is 14.1. The average Bonchev–Trinajstić information content (AvgIpc) is 2.49. The lowest BCUT2D eigenvalue weighted by Gasteiger charge is -2.33. The number of hydrogen-bond acceptors (Lipinski definition) is 4. The molecule has 0 fully saturated rings.